The average molecular weight is 1130 g/mol. The molecule has 0 fully saturated rings. The van der Waals surface area contributed by atoms with Crippen LogP contribution in [0.25, 0.3) is 53.9 Å². The van der Waals surface area contributed by atoms with E-state index in [-0.39, 0.29) is 43.3 Å². The number of hydrogen-bond acceptors (Lipinski definition) is 8. The maximum absolute atomic E-state index is 14.6. The molecule has 82 heavy (non-hydrogen) atoms. The number of rotatable bonds is 48. The maximum Gasteiger partial charge on any atom is 0.187 e. The van der Waals surface area contributed by atoms with Gasteiger partial charge in [0.15, 0.2) is 21.7 Å². The normalized spacial score (nSPS) is 11.8. The molecular weight excluding hydrogens is 1020 g/mol. The first-order valence-corrected chi connectivity index (χ1v) is 34.0. The minimum absolute atomic E-state index is 0.253. The third-order valence-electron chi connectivity index (χ3n) is 17.3. The predicted molar refractivity (Wildman–Crippen MR) is 351 cm³/mol. The van der Waals surface area contributed by atoms with Crippen molar-refractivity contribution < 1.29 is 18.9 Å². The number of fused-ring (bicyclic) bond motifs is 9. The summed E-state index contributed by atoms with van der Waals surface area (Å²) >= 11 is 0. The Kier molecular flexibility index (Phi) is 31.3. The fourth-order valence-corrected chi connectivity index (χ4v) is 12.4. The summed E-state index contributed by atoms with van der Waals surface area (Å²) in [6.45, 7) is 10.8. The van der Waals surface area contributed by atoms with Gasteiger partial charge in [0, 0.05) is 48.5 Å². The number of ether oxygens (including phenoxy) is 4. The van der Waals surface area contributed by atoms with E-state index in [1.165, 1.54) is 204 Å². The Bertz CT molecular complexity index is 2800. The van der Waals surface area contributed by atoms with Crippen LogP contribution in [-0.4, -0.2) is 26.4 Å². The predicted octanol–water partition coefficient (Wildman–Crippen LogP) is 21.0. The molecule has 0 aliphatic heterocycles. The monoisotopic (exact) mass is 1120 g/mol. The number of unbranched alkanes of at least 4 members (excludes halogenated alkanes) is 36. The van der Waals surface area contributed by atoms with Crippen molar-refractivity contribution in [2.75, 3.05) is 26.4 Å². The molecule has 8 nitrogen and oxygen atoms in total. The molecule has 0 aliphatic rings. The third kappa shape index (κ3) is 20.7. The molecule has 0 heterocycles. The van der Waals surface area contributed by atoms with Crippen molar-refractivity contribution in [1.82, 2.24) is 0 Å². The van der Waals surface area contributed by atoms with Gasteiger partial charge in [-0.1, -0.05) is 259 Å². The van der Waals surface area contributed by atoms with E-state index in [9.17, 15) is 19.2 Å². The minimum atomic E-state index is -0.310. The molecule has 0 N–H and O–H groups in total. The molecule has 6 aromatic rings. The van der Waals surface area contributed by atoms with E-state index in [4.69, 9.17) is 18.9 Å². The van der Waals surface area contributed by atoms with Crippen LogP contribution >= 0.6 is 0 Å². The summed E-state index contributed by atoms with van der Waals surface area (Å²) in [6.07, 6.45) is 47.7. The van der Waals surface area contributed by atoms with Crippen molar-refractivity contribution in [2.45, 2.75) is 285 Å². The largest absolute Gasteiger partial charge is 0.493 e. The molecule has 0 radical (unpaired) electrons. The van der Waals surface area contributed by atoms with Gasteiger partial charge in [0.05, 0.1) is 31.8 Å². The lowest BCUT2D eigenvalue weighted by Crippen LogP contribution is -2.12. The van der Waals surface area contributed by atoms with Crippen molar-refractivity contribution in [3.8, 4) is 23.0 Å². The summed E-state index contributed by atoms with van der Waals surface area (Å²) in [7, 11) is 0. The SMILES string of the molecule is CCCCCCCCCCCCOc1cc2c(=O)ccc(=O)c2c2c1cc(OCCCCCCCCCCCC)c1c(OCCCCCCCCCCCC)cc3c(OCCCCCCCCCCCC)cc4c(=O)ccc(=O)c4c3c12. The van der Waals surface area contributed by atoms with E-state index in [2.05, 4.69) is 27.7 Å². The van der Waals surface area contributed by atoms with E-state index in [1.54, 1.807) is 12.1 Å². The van der Waals surface area contributed by atoms with E-state index >= 15 is 0 Å². The summed E-state index contributed by atoms with van der Waals surface area (Å²) in [5.74, 6) is 2.09. The van der Waals surface area contributed by atoms with Crippen molar-refractivity contribution in [3.63, 3.8) is 0 Å². The van der Waals surface area contributed by atoms with Crippen LogP contribution in [0.3, 0.4) is 0 Å². The summed E-state index contributed by atoms with van der Waals surface area (Å²) in [5.41, 5.74) is -1.20. The minimum Gasteiger partial charge on any atom is -0.493 e. The molecule has 6 aromatic carbocycles. The van der Waals surface area contributed by atoms with Gasteiger partial charge in [-0.15, -0.1) is 0 Å². The second-order valence-corrected chi connectivity index (χ2v) is 24.2. The Hall–Kier alpha value is -4.98. The Morgan fingerprint density at radius 3 is 0.707 bits per heavy atom. The first-order chi connectivity index (χ1) is 40.3. The van der Waals surface area contributed by atoms with Gasteiger partial charge in [-0.2, -0.15) is 0 Å². The Morgan fingerprint density at radius 1 is 0.220 bits per heavy atom. The van der Waals surface area contributed by atoms with Crippen LogP contribution in [0, 0.1) is 0 Å². The first-order valence-electron chi connectivity index (χ1n) is 34.0. The van der Waals surface area contributed by atoms with Gasteiger partial charge in [-0.3, -0.25) is 19.2 Å². The fourth-order valence-electron chi connectivity index (χ4n) is 12.4. The van der Waals surface area contributed by atoms with E-state index < -0.39 is 0 Å². The van der Waals surface area contributed by atoms with E-state index in [0.717, 1.165) is 77.0 Å². The molecule has 0 spiro atoms. The molecule has 0 unspecified atom stereocenters. The molecule has 6 rings (SSSR count). The third-order valence-corrected chi connectivity index (χ3v) is 17.3. The molecule has 0 atom stereocenters. The molecule has 0 saturated carbocycles. The molecular formula is C74H108O8. The van der Waals surface area contributed by atoms with Crippen molar-refractivity contribution in [3.05, 3.63) is 89.4 Å². The molecule has 452 valence electrons. The molecule has 0 bridgehead atoms. The van der Waals surface area contributed by atoms with Crippen LogP contribution in [0.4, 0.5) is 0 Å². The van der Waals surface area contributed by atoms with Crippen LogP contribution in [0.1, 0.15) is 285 Å². The average Bonchev–Trinajstić information content (AvgIpc) is 0.959. The standard InChI is InChI=1S/C74H108O8/c1-5-9-13-17-21-25-29-33-37-41-49-79-65-53-57-61(75)45-47-63(77)69(57)71-59(65)55-67(81-51-43-39-35-31-27-23-19-15-11-7-3)73-68(82-52-44-40-36-32-28-24-20-16-12-8-4)56-60-66(80-50-42-38-34-30-26-22-18-14-10-6-2)54-58-62(76)46-48-64(78)70(58)72(60)74(71)73/h45-48,53-56H,5-44,49-52H2,1-4H3. The van der Waals surface area contributed by atoms with Crippen LogP contribution in [0.5, 0.6) is 23.0 Å². The van der Waals surface area contributed by atoms with E-state index in [1.807, 2.05) is 12.1 Å². The van der Waals surface area contributed by atoms with Gasteiger partial charge in [-0.05, 0) is 74.2 Å². The summed E-state index contributed by atoms with van der Waals surface area (Å²) < 4.78 is 27.7. The molecule has 0 amide bonds. The maximum atomic E-state index is 14.6. The van der Waals surface area contributed by atoms with Gasteiger partial charge in [0.1, 0.15) is 23.0 Å². The second-order valence-electron chi connectivity index (χ2n) is 24.2. The lowest BCUT2D eigenvalue weighted by Gasteiger charge is -2.22. The van der Waals surface area contributed by atoms with Gasteiger partial charge >= 0.3 is 0 Å². The molecule has 0 aromatic heterocycles. The smallest absolute Gasteiger partial charge is 0.187 e. The Labute approximate surface area is 493 Å². The van der Waals surface area contributed by atoms with Crippen LogP contribution in [0.2, 0.25) is 0 Å². The topological polar surface area (TPSA) is 105 Å². The van der Waals surface area contributed by atoms with Crippen LogP contribution in [0.15, 0.2) is 67.7 Å². The van der Waals surface area contributed by atoms with Crippen molar-refractivity contribution in [2.24, 2.45) is 0 Å². The van der Waals surface area contributed by atoms with E-state index in [0.29, 0.717) is 81.7 Å². The summed E-state index contributed by atoms with van der Waals surface area (Å²) in [4.78, 5) is 57.6. The number of benzene rings is 6. The lowest BCUT2D eigenvalue weighted by atomic mass is 9.88. The second kappa shape index (κ2) is 38.8. The Balaban J connectivity index is 1.46. The zero-order valence-corrected chi connectivity index (χ0v) is 52.0. The fraction of sp³-hybridized carbons (Fsp3) is 0.649. The highest BCUT2D eigenvalue weighted by Crippen LogP contribution is 2.50. The molecule has 8 heteroatoms. The summed E-state index contributed by atoms with van der Waals surface area (Å²) in [6, 6.07) is 12.9. The number of hydrogen-bond donors (Lipinski definition) is 0. The quantitative estimate of drug-likeness (QED) is 0.0275. The zero-order chi connectivity index (χ0) is 58.0. The highest BCUT2D eigenvalue weighted by molar-refractivity contribution is 6.35. The van der Waals surface area contributed by atoms with Crippen molar-refractivity contribution in [1.29, 1.82) is 0 Å². The van der Waals surface area contributed by atoms with Crippen LogP contribution < -0.4 is 40.7 Å². The lowest BCUT2D eigenvalue weighted by molar-refractivity contribution is 0.296. The zero-order valence-electron chi connectivity index (χ0n) is 52.0. The molecule has 0 saturated heterocycles. The van der Waals surface area contributed by atoms with Crippen molar-refractivity contribution >= 4 is 53.9 Å². The van der Waals surface area contributed by atoms with Crippen LogP contribution in [-0.2, 0) is 0 Å². The van der Waals surface area contributed by atoms with Gasteiger partial charge < -0.3 is 18.9 Å². The van der Waals surface area contributed by atoms with Gasteiger partial charge in [-0.25, -0.2) is 0 Å². The molecule has 0 aliphatic carbocycles. The first kappa shape index (κ1) is 66.2. The van der Waals surface area contributed by atoms with Gasteiger partial charge in [0.2, 0.25) is 0 Å². The highest BCUT2D eigenvalue weighted by atomic mass is 16.5. The Morgan fingerprint density at radius 2 is 0.439 bits per heavy atom. The summed E-state index contributed by atoms with van der Waals surface area (Å²) in [5, 5.41) is 4.42. The van der Waals surface area contributed by atoms with Gasteiger partial charge in [0.25, 0.3) is 0 Å². The highest BCUT2D eigenvalue weighted by Gasteiger charge is 2.26.